The van der Waals surface area contributed by atoms with Gasteiger partial charge in [0.15, 0.2) is 11.6 Å². The van der Waals surface area contributed by atoms with Gasteiger partial charge in [-0.25, -0.2) is 9.97 Å². The molecule has 1 aromatic carbocycles. The fraction of sp³-hybridized carbons (Fsp3) is 0.217. The molecule has 9 nitrogen and oxygen atoms in total. The van der Waals surface area contributed by atoms with Crippen molar-refractivity contribution in [1.82, 2.24) is 35.0 Å². The molecular formula is C23H24N8O. The SMILES string of the molecule is CC(Cc1ccccn1)NC(=O)c1cccc(NCc2nnc(-c3ccncn3)n2C)c1. The first-order valence-corrected chi connectivity index (χ1v) is 10.3. The first-order chi connectivity index (χ1) is 15.6. The maximum atomic E-state index is 12.7. The number of hydrogen-bond acceptors (Lipinski definition) is 7. The van der Waals surface area contributed by atoms with Crippen LogP contribution < -0.4 is 10.6 Å². The van der Waals surface area contributed by atoms with Crippen molar-refractivity contribution in [3.8, 4) is 11.5 Å². The number of aromatic nitrogens is 6. The zero-order valence-corrected chi connectivity index (χ0v) is 17.9. The second-order valence-electron chi connectivity index (χ2n) is 7.43. The van der Waals surface area contributed by atoms with E-state index < -0.39 is 0 Å². The van der Waals surface area contributed by atoms with Gasteiger partial charge in [-0.05, 0) is 43.3 Å². The molecule has 0 aliphatic rings. The van der Waals surface area contributed by atoms with Gasteiger partial charge in [0.25, 0.3) is 5.91 Å². The van der Waals surface area contributed by atoms with Gasteiger partial charge in [0.1, 0.15) is 12.0 Å². The molecule has 0 aliphatic heterocycles. The number of carbonyl (C=O) groups excluding carboxylic acids is 1. The zero-order valence-electron chi connectivity index (χ0n) is 17.9. The van der Waals surface area contributed by atoms with Crippen LogP contribution in [-0.4, -0.2) is 41.7 Å². The second-order valence-corrected chi connectivity index (χ2v) is 7.43. The van der Waals surface area contributed by atoms with Crippen molar-refractivity contribution in [2.75, 3.05) is 5.32 Å². The highest BCUT2D eigenvalue weighted by molar-refractivity contribution is 5.95. The summed E-state index contributed by atoms with van der Waals surface area (Å²) in [5, 5.41) is 14.8. The van der Waals surface area contributed by atoms with Crippen LogP contribution in [0.15, 0.2) is 67.3 Å². The largest absolute Gasteiger partial charge is 0.378 e. The van der Waals surface area contributed by atoms with E-state index in [2.05, 4.69) is 35.8 Å². The van der Waals surface area contributed by atoms with Crippen LogP contribution in [0.5, 0.6) is 0 Å². The third-order valence-electron chi connectivity index (χ3n) is 4.97. The normalized spacial score (nSPS) is 11.7. The maximum Gasteiger partial charge on any atom is 0.251 e. The summed E-state index contributed by atoms with van der Waals surface area (Å²) < 4.78 is 1.88. The quantitative estimate of drug-likeness (QED) is 0.444. The van der Waals surface area contributed by atoms with Gasteiger partial charge in [-0.3, -0.25) is 9.78 Å². The van der Waals surface area contributed by atoms with Crippen LogP contribution in [0.3, 0.4) is 0 Å². The highest BCUT2D eigenvalue weighted by Gasteiger charge is 2.13. The topological polar surface area (TPSA) is 111 Å². The summed E-state index contributed by atoms with van der Waals surface area (Å²) >= 11 is 0. The average molecular weight is 429 g/mol. The van der Waals surface area contributed by atoms with Gasteiger partial charge in [-0.2, -0.15) is 0 Å². The molecule has 0 spiro atoms. The molecule has 3 aromatic heterocycles. The Balaban J connectivity index is 1.37. The minimum atomic E-state index is -0.123. The van der Waals surface area contributed by atoms with E-state index in [0.717, 1.165) is 17.2 Å². The van der Waals surface area contributed by atoms with Gasteiger partial charge in [-0.1, -0.05) is 12.1 Å². The smallest absolute Gasteiger partial charge is 0.251 e. The Labute approximate surface area is 186 Å². The predicted molar refractivity (Wildman–Crippen MR) is 121 cm³/mol. The lowest BCUT2D eigenvalue weighted by Crippen LogP contribution is -2.34. The summed E-state index contributed by atoms with van der Waals surface area (Å²) in [6.45, 7) is 2.42. The summed E-state index contributed by atoms with van der Waals surface area (Å²) in [7, 11) is 1.89. The van der Waals surface area contributed by atoms with Crippen molar-refractivity contribution < 1.29 is 4.79 Å². The molecule has 3 heterocycles. The molecule has 4 rings (SSSR count). The molecule has 32 heavy (non-hydrogen) atoms. The summed E-state index contributed by atoms with van der Waals surface area (Å²) in [5.74, 6) is 1.29. The van der Waals surface area contributed by atoms with E-state index in [1.54, 1.807) is 24.5 Å². The van der Waals surface area contributed by atoms with E-state index in [4.69, 9.17) is 0 Å². The number of amides is 1. The number of anilines is 1. The number of benzene rings is 1. The van der Waals surface area contributed by atoms with Gasteiger partial charge in [0.2, 0.25) is 0 Å². The Morgan fingerprint density at radius 3 is 2.75 bits per heavy atom. The number of carbonyl (C=O) groups is 1. The molecule has 0 saturated carbocycles. The molecule has 1 unspecified atom stereocenters. The third-order valence-corrected chi connectivity index (χ3v) is 4.97. The molecular weight excluding hydrogens is 404 g/mol. The molecule has 0 radical (unpaired) electrons. The number of pyridine rings is 1. The van der Waals surface area contributed by atoms with E-state index in [1.165, 1.54) is 6.33 Å². The minimum Gasteiger partial charge on any atom is -0.378 e. The molecule has 4 aromatic rings. The van der Waals surface area contributed by atoms with E-state index >= 15 is 0 Å². The molecule has 2 N–H and O–H groups in total. The lowest BCUT2D eigenvalue weighted by Gasteiger charge is -2.14. The van der Waals surface area contributed by atoms with Gasteiger partial charge >= 0.3 is 0 Å². The fourth-order valence-corrected chi connectivity index (χ4v) is 3.30. The summed E-state index contributed by atoms with van der Waals surface area (Å²) in [6, 6.07) is 14.9. The molecule has 162 valence electrons. The van der Waals surface area contributed by atoms with E-state index in [-0.39, 0.29) is 11.9 Å². The monoisotopic (exact) mass is 428 g/mol. The molecule has 0 saturated heterocycles. The first kappa shape index (κ1) is 21.1. The zero-order chi connectivity index (χ0) is 22.3. The number of nitrogens with zero attached hydrogens (tertiary/aromatic N) is 6. The van der Waals surface area contributed by atoms with E-state index in [9.17, 15) is 4.79 Å². The van der Waals surface area contributed by atoms with E-state index in [1.807, 2.05) is 54.9 Å². The molecule has 0 aliphatic carbocycles. The van der Waals surface area contributed by atoms with Crippen molar-refractivity contribution in [3.63, 3.8) is 0 Å². The van der Waals surface area contributed by atoms with Gasteiger partial charge < -0.3 is 15.2 Å². The molecule has 0 bridgehead atoms. The Kier molecular flexibility index (Phi) is 6.45. The second kappa shape index (κ2) is 9.78. The lowest BCUT2D eigenvalue weighted by molar-refractivity contribution is 0.0940. The fourth-order valence-electron chi connectivity index (χ4n) is 3.30. The van der Waals surface area contributed by atoms with Crippen LogP contribution in [0.2, 0.25) is 0 Å². The van der Waals surface area contributed by atoms with Gasteiger partial charge in [0.05, 0.1) is 6.54 Å². The molecule has 9 heteroatoms. The van der Waals surface area contributed by atoms with Crippen LogP contribution in [0, 0.1) is 0 Å². The van der Waals surface area contributed by atoms with Crippen LogP contribution in [0.25, 0.3) is 11.5 Å². The average Bonchev–Trinajstić information content (AvgIpc) is 3.19. The van der Waals surface area contributed by atoms with Gasteiger partial charge in [0, 0.05) is 48.8 Å². The van der Waals surface area contributed by atoms with E-state index in [0.29, 0.717) is 30.0 Å². The Morgan fingerprint density at radius 2 is 1.97 bits per heavy atom. The standard InChI is InChI=1S/C23H24N8O/c1-16(12-18-7-3-4-10-25-18)28-23(32)17-6-5-8-19(13-17)26-14-21-29-30-22(31(21)2)20-9-11-24-15-27-20/h3-11,13,15-16,26H,12,14H2,1-2H3,(H,28,32). The van der Waals surface area contributed by atoms with Crippen LogP contribution >= 0.6 is 0 Å². The highest BCUT2D eigenvalue weighted by atomic mass is 16.1. The van der Waals surface area contributed by atoms with Crippen LogP contribution in [-0.2, 0) is 20.0 Å². The van der Waals surface area contributed by atoms with Crippen molar-refractivity contribution in [1.29, 1.82) is 0 Å². The summed E-state index contributed by atoms with van der Waals surface area (Å²) in [5.41, 5.74) is 3.06. The maximum absolute atomic E-state index is 12.7. The minimum absolute atomic E-state index is 0.0344. The summed E-state index contributed by atoms with van der Waals surface area (Å²) in [4.78, 5) is 25.1. The van der Waals surface area contributed by atoms with Crippen LogP contribution in [0.4, 0.5) is 5.69 Å². The van der Waals surface area contributed by atoms with Crippen molar-refractivity contribution in [3.05, 3.63) is 84.3 Å². The van der Waals surface area contributed by atoms with Crippen molar-refractivity contribution >= 4 is 11.6 Å². The van der Waals surface area contributed by atoms with Crippen molar-refractivity contribution in [2.45, 2.75) is 25.9 Å². The predicted octanol–water partition coefficient (Wildman–Crippen LogP) is 2.64. The Bertz CT molecular complexity index is 1180. The molecule has 1 atom stereocenters. The van der Waals surface area contributed by atoms with Crippen LogP contribution in [0.1, 0.15) is 28.8 Å². The highest BCUT2D eigenvalue weighted by Crippen LogP contribution is 2.16. The van der Waals surface area contributed by atoms with Gasteiger partial charge in [-0.15, -0.1) is 10.2 Å². The first-order valence-electron chi connectivity index (χ1n) is 10.3. The Morgan fingerprint density at radius 1 is 1.06 bits per heavy atom. The number of rotatable bonds is 8. The third kappa shape index (κ3) is 5.12. The molecule has 1 amide bonds. The lowest BCUT2D eigenvalue weighted by atomic mass is 10.1. The number of nitrogens with one attached hydrogen (secondary N) is 2. The Hall–Kier alpha value is -4.14. The summed E-state index contributed by atoms with van der Waals surface area (Å²) in [6.07, 6.45) is 5.58. The number of hydrogen-bond donors (Lipinski definition) is 2. The van der Waals surface area contributed by atoms with Crippen molar-refractivity contribution in [2.24, 2.45) is 7.05 Å². The molecule has 0 fully saturated rings.